The van der Waals surface area contributed by atoms with Crippen molar-refractivity contribution in [2.24, 2.45) is 11.8 Å². The lowest BCUT2D eigenvalue weighted by molar-refractivity contribution is -0.383. The van der Waals surface area contributed by atoms with Crippen LogP contribution < -0.4 is 9.80 Å². The van der Waals surface area contributed by atoms with Gasteiger partial charge < -0.3 is 9.80 Å². The second-order valence-corrected chi connectivity index (χ2v) is 13.9. The number of fused-ring (bicyclic) bond motifs is 12. The lowest BCUT2D eigenvalue weighted by Crippen LogP contribution is -2.40. The maximum absolute atomic E-state index is 13.0. The maximum atomic E-state index is 13.0. The van der Waals surface area contributed by atoms with Crippen LogP contribution in [0.15, 0.2) is 72.8 Å². The summed E-state index contributed by atoms with van der Waals surface area (Å²) in [5, 5.41) is 24.5. The minimum absolute atomic E-state index is 0.0287. The molecule has 4 aliphatic heterocycles. The fraction of sp³-hybridized carbons (Fsp3) is 0.333. The molecule has 4 aromatic carbocycles. The highest BCUT2D eigenvalue weighted by molar-refractivity contribution is 6.26. The van der Waals surface area contributed by atoms with Gasteiger partial charge in [-0.15, -0.1) is 0 Å². The molecule has 0 N–H and O–H groups in total. The first-order chi connectivity index (χ1) is 24.2. The summed E-state index contributed by atoms with van der Waals surface area (Å²) in [6, 6.07) is 18.4. The summed E-state index contributed by atoms with van der Waals surface area (Å²) in [6.45, 7) is 0. The molecule has 0 radical (unpaired) electrons. The number of amides is 6. The number of nitro groups is 2. The summed E-state index contributed by atoms with van der Waals surface area (Å²) in [5.41, 5.74) is 0.813. The van der Waals surface area contributed by atoms with Gasteiger partial charge in [0.15, 0.2) is 0 Å². The van der Waals surface area contributed by atoms with Crippen molar-refractivity contribution in [1.29, 1.82) is 0 Å². The maximum Gasteiger partial charge on any atom is 0.332 e. The molecule has 6 fully saturated rings. The first-order valence-electron chi connectivity index (χ1n) is 16.8. The van der Waals surface area contributed by atoms with Gasteiger partial charge in [-0.2, -0.15) is 0 Å². The van der Waals surface area contributed by atoms with E-state index in [0.717, 1.165) is 38.5 Å². The Kier molecular flexibility index (Phi) is 6.51. The molecule has 50 heavy (non-hydrogen) atoms. The van der Waals surface area contributed by atoms with Crippen molar-refractivity contribution in [3.8, 4) is 0 Å². The third-order valence-corrected chi connectivity index (χ3v) is 11.6. The van der Waals surface area contributed by atoms with Crippen LogP contribution in [0.4, 0.5) is 32.3 Å². The molecule has 14 heteroatoms. The molecule has 4 saturated heterocycles. The summed E-state index contributed by atoms with van der Waals surface area (Å²) in [7, 11) is 0. The fourth-order valence-electron chi connectivity index (χ4n) is 9.53. The van der Waals surface area contributed by atoms with Crippen molar-refractivity contribution in [1.82, 2.24) is 9.80 Å². The van der Waals surface area contributed by atoms with Gasteiger partial charge in [-0.05, 0) is 74.6 Å². The molecule has 0 spiro atoms. The van der Waals surface area contributed by atoms with Gasteiger partial charge in [-0.25, -0.2) is 19.4 Å². The lowest BCUT2D eigenvalue weighted by Gasteiger charge is -2.25. The highest BCUT2D eigenvalue weighted by atomic mass is 16.6. The van der Waals surface area contributed by atoms with E-state index in [1.807, 2.05) is 0 Å². The van der Waals surface area contributed by atoms with E-state index in [9.17, 15) is 39.4 Å². The third kappa shape index (κ3) is 4.07. The van der Waals surface area contributed by atoms with Gasteiger partial charge in [0.1, 0.15) is 12.1 Å². The number of carbonyl (C=O) groups excluding carboxylic acids is 4. The molecule has 6 atom stereocenters. The van der Waals surface area contributed by atoms with Gasteiger partial charge in [0.05, 0.1) is 32.0 Å². The Morgan fingerprint density at radius 2 is 0.900 bits per heavy atom. The van der Waals surface area contributed by atoms with Crippen LogP contribution in [0.2, 0.25) is 0 Å². The average molecular weight is 675 g/mol. The average Bonchev–Trinajstić information content (AvgIpc) is 3.97. The van der Waals surface area contributed by atoms with Gasteiger partial charge in [-0.1, -0.05) is 36.4 Å². The van der Waals surface area contributed by atoms with E-state index in [1.165, 1.54) is 34.1 Å². The molecule has 252 valence electrons. The Morgan fingerprint density at radius 1 is 0.520 bits per heavy atom. The molecule has 4 aromatic rings. The number of piperidine rings is 2. The van der Waals surface area contributed by atoms with Gasteiger partial charge >= 0.3 is 12.1 Å². The second-order valence-electron chi connectivity index (χ2n) is 13.9. The summed E-state index contributed by atoms with van der Waals surface area (Å²) in [5.74, 6) is 0.0962. The molecule has 6 aliphatic rings. The van der Waals surface area contributed by atoms with Gasteiger partial charge in [-0.3, -0.25) is 29.8 Å². The van der Waals surface area contributed by atoms with Crippen molar-refractivity contribution in [2.45, 2.75) is 62.7 Å². The highest BCUT2D eigenvalue weighted by Gasteiger charge is 2.60. The lowest BCUT2D eigenvalue weighted by atomic mass is 9.99. The SMILES string of the molecule is O=C1[C@@H]2C3CCC(C3)N2C(=O)N1c1ccc([N+](=O)[O-])c2ccccc12.O=C1[C@H]2C3CCC(C3)N2C(=O)N1c1ccc([N+](=O)[O-])c2ccccc12. The number of carbonyl (C=O) groups is 4. The van der Waals surface area contributed by atoms with Crippen molar-refractivity contribution in [3.05, 3.63) is 93.0 Å². The van der Waals surface area contributed by atoms with Crippen molar-refractivity contribution in [2.75, 3.05) is 9.80 Å². The van der Waals surface area contributed by atoms with Crippen molar-refractivity contribution < 1.29 is 29.0 Å². The predicted molar refractivity (Wildman–Crippen MR) is 180 cm³/mol. The van der Waals surface area contributed by atoms with E-state index in [4.69, 9.17) is 0 Å². The Balaban J connectivity index is 0.000000135. The molecule has 4 unspecified atom stereocenters. The van der Waals surface area contributed by atoms with E-state index in [2.05, 4.69) is 0 Å². The number of anilines is 2. The number of hydrogen-bond donors (Lipinski definition) is 0. The number of rotatable bonds is 4. The van der Waals surface area contributed by atoms with Crippen molar-refractivity contribution >= 4 is 68.2 Å². The van der Waals surface area contributed by atoms with Gasteiger partial charge in [0, 0.05) is 35.0 Å². The minimum atomic E-state index is -0.446. The zero-order chi connectivity index (χ0) is 34.6. The third-order valence-electron chi connectivity index (χ3n) is 11.6. The minimum Gasteiger partial charge on any atom is -0.309 e. The largest absolute Gasteiger partial charge is 0.332 e. The Morgan fingerprint density at radius 3 is 1.26 bits per heavy atom. The van der Waals surface area contributed by atoms with Crippen LogP contribution in [0.25, 0.3) is 21.5 Å². The zero-order valence-electron chi connectivity index (χ0n) is 26.6. The number of non-ortho nitro benzene ring substituents is 2. The van der Waals surface area contributed by atoms with Crippen LogP contribution in [0.5, 0.6) is 0 Å². The second kappa shape index (κ2) is 10.8. The number of nitro benzene ring substituents is 2. The van der Waals surface area contributed by atoms with Crippen LogP contribution in [0.1, 0.15) is 38.5 Å². The van der Waals surface area contributed by atoms with E-state index in [-0.39, 0.29) is 71.3 Å². The summed E-state index contributed by atoms with van der Waals surface area (Å²) >= 11 is 0. The number of urea groups is 2. The van der Waals surface area contributed by atoms with E-state index in [1.54, 1.807) is 58.3 Å². The monoisotopic (exact) mass is 674 g/mol. The molecule has 0 aromatic heterocycles. The summed E-state index contributed by atoms with van der Waals surface area (Å²) in [6.07, 6.45) is 5.71. The Hall–Kier alpha value is -5.92. The molecule has 2 saturated carbocycles. The first kappa shape index (κ1) is 30.2. The van der Waals surface area contributed by atoms with Gasteiger partial charge in [0.25, 0.3) is 23.2 Å². The zero-order valence-corrected chi connectivity index (χ0v) is 26.6. The van der Waals surface area contributed by atoms with E-state index >= 15 is 0 Å². The van der Waals surface area contributed by atoms with Crippen LogP contribution in [0, 0.1) is 32.1 Å². The molecule has 2 aliphatic carbocycles. The fourth-order valence-corrected chi connectivity index (χ4v) is 9.53. The smallest absolute Gasteiger partial charge is 0.309 e. The first-order valence-corrected chi connectivity index (χ1v) is 16.8. The highest BCUT2D eigenvalue weighted by Crippen LogP contribution is 2.49. The Labute approximate surface area is 284 Å². The molecule has 10 rings (SSSR count). The number of hydrogen-bond acceptors (Lipinski definition) is 8. The van der Waals surface area contributed by atoms with Gasteiger partial charge in [0.2, 0.25) is 0 Å². The van der Waals surface area contributed by atoms with Crippen LogP contribution in [-0.2, 0) is 9.59 Å². The van der Waals surface area contributed by atoms with E-state index < -0.39 is 9.85 Å². The number of nitrogens with zero attached hydrogens (tertiary/aromatic N) is 6. The molecule has 4 heterocycles. The molecular weight excluding hydrogens is 644 g/mol. The van der Waals surface area contributed by atoms with Crippen LogP contribution in [-0.4, -0.2) is 67.7 Å². The van der Waals surface area contributed by atoms with Crippen LogP contribution in [0.3, 0.4) is 0 Å². The molecule has 6 amide bonds. The molecule has 4 bridgehead atoms. The summed E-state index contributed by atoms with van der Waals surface area (Å²) < 4.78 is 0. The molecular formula is C36H30N6O8. The number of imide groups is 2. The van der Waals surface area contributed by atoms with Crippen LogP contribution >= 0.6 is 0 Å². The van der Waals surface area contributed by atoms with Crippen molar-refractivity contribution in [3.63, 3.8) is 0 Å². The Bertz CT molecular complexity index is 2010. The summed E-state index contributed by atoms with van der Waals surface area (Å²) in [4.78, 5) is 79.4. The quantitative estimate of drug-likeness (QED) is 0.141. The molecule has 14 nitrogen and oxygen atoms in total. The normalized spacial score (nSPS) is 27.4. The predicted octanol–water partition coefficient (Wildman–Crippen LogP) is 6.14. The number of benzene rings is 4. The van der Waals surface area contributed by atoms with E-state index in [0.29, 0.717) is 32.9 Å². The topological polar surface area (TPSA) is 168 Å². The standard InChI is InChI=1S/2C18H15N3O4/c2*22-17-16-10-5-6-11(9-10)19(16)18(23)20(17)14-7-8-15(21(24)25)13-4-2-1-3-12(13)14/h2*1-4,7-8,10-11,16H,5-6,9H2/t2*10?,11?,16-/m10/s1.